The minimum absolute atomic E-state index is 0.165. The van der Waals surface area contributed by atoms with E-state index in [1.54, 1.807) is 42.6 Å². The Balaban J connectivity index is 1.70. The second kappa shape index (κ2) is 8.47. The average molecular weight is 372 g/mol. The van der Waals surface area contributed by atoms with Gasteiger partial charge in [0, 0.05) is 35.0 Å². The number of rotatable bonds is 3. The zero-order valence-electron chi connectivity index (χ0n) is 14.9. The Hall–Kier alpha value is -4.18. The largest absolute Gasteiger partial charge is 0.478 e. The molecule has 0 atom stereocenters. The number of carbonyl (C=O) groups excluding carboxylic acids is 1. The van der Waals surface area contributed by atoms with Crippen LogP contribution in [-0.4, -0.2) is 27.1 Å². The molecule has 0 saturated carbocycles. The maximum Gasteiger partial charge on any atom is 0.335 e. The summed E-state index contributed by atoms with van der Waals surface area (Å²) in [5.41, 5.74) is 3.13. The lowest BCUT2D eigenvalue weighted by atomic mass is 10.1. The molecule has 0 radical (unpaired) electrons. The van der Waals surface area contributed by atoms with Crippen LogP contribution < -0.4 is 10.6 Å². The highest BCUT2D eigenvalue weighted by Gasteiger charge is 2.04. The number of aromatic nitrogens is 2. The third-order valence-electron chi connectivity index (χ3n) is 3.62. The highest BCUT2D eigenvalue weighted by molar-refractivity contribution is 5.99. The highest BCUT2D eigenvalue weighted by Crippen LogP contribution is 2.11. The van der Waals surface area contributed by atoms with Crippen molar-refractivity contribution in [1.82, 2.24) is 9.97 Å². The van der Waals surface area contributed by atoms with E-state index in [-0.39, 0.29) is 5.56 Å². The van der Waals surface area contributed by atoms with E-state index in [2.05, 4.69) is 32.4 Å². The van der Waals surface area contributed by atoms with E-state index < -0.39 is 12.0 Å². The second-order valence-corrected chi connectivity index (χ2v) is 5.83. The first kappa shape index (κ1) is 18.6. The molecule has 2 aromatic heterocycles. The summed E-state index contributed by atoms with van der Waals surface area (Å²) >= 11 is 0. The first-order valence-corrected chi connectivity index (χ1v) is 8.32. The van der Waals surface area contributed by atoms with E-state index in [4.69, 9.17) is 5.11 Å². The van der Waals surface area contributed by atoms with E-state index in [1.807, 2.05) is 6.92 Å². The van der Waals surface area contributed by atoms with Crippen LogP contribution in [0.2, 0.25) is 0 Å². The topological polar surface area (TPSA) is 104 Å². The molecular weight excluding hydrogens is 356 g/mol. The molecule has 7 nitrogen and oxygen atoms in total. The summed E-state index contributed by atoms with van der Waals surface area (Å²) in [6, 6.07) is 12.7. The van der Waals surface area contributed by atoms with Gasteiger partial charge in [0.25, 0.3) is 0 Å². The van der Waals surface area contributed by atoms with Crippen LogP contribution in [-0.2, 0) is 0 Å². The Labute approximate surface area is 161 Å². The molecule has 3 aromatic rings. The van der Waals surface area contributed by atoms with Crippen molar-refractivity contribution >= 4 is 23.4 Å². The number of hydrogen-bond acceptors (Lipinski definition) is 4. The van der Waals surface area contributed by atoms with E-state index in [0.717, 1.165) is 5.69 Å². The molecule has 138 valence electrons. The van der Waals surface area contributed by atoms with Crippen molar-refractivity contribution in [3.05, 3.63) is 83.4 Å². The van der Waals surface area contributed by atoms with Crippen LogP contribution in [0.15, 0.2) is 60.9 Å². The van der Waals surface area contributed by atoms with E-state index >= 15 is 0 Å². The van der Waals surface area contributed by atoms with Crippen LogP contribution in [0.5, 0.6) is 0 Å². The summed E-state index contributed by atoms with van der Waals surface area (Å²) in [4.78, 5) is 31.4. The number of carbonyl (C=O) groups is 2. The van der Waals surface area contributed by atoms with Gasteiger partial charge < -0.3 is 15.7 Å². The van der Waals surface area contributed by atoms with Crippen molar-refractivity contribution in [2.45, 2.75) is 6.92 Å². The molecule has 7 heteroatoms. The fourth-order valence-corrected chi connectivity index (χ4v) is 2.36. The third kappa shape index (κ3) is 5.16. The summed E-state index contributed by atoms with van der Waals surface area (Å²) in [5, 5.41) is 14.5. The van der Waals surface area contributed by atoms with Crippen molar-refractivity contribution in [3.8, 4) is 11.8 Å². The first-order chi connectivity index (χ1) is 13.5. The summed E-state index contributed by atoms with van der Waals surface area (Å²) in [6.07, 6.45) is 3.15. The zero-order valence-corrected chi connectivity index (χ0v) is 14.9. The van der Waals surface area contributed by atoms with E-state index in [1.165, 1.54) is 18.3 Å². The summed E-state index contributed by atoms with van der Waals surface area (Å²) < 4.78 is 0. The van der Waals surface area contributed by atoms with Gasteiger partial charge in [0.1, 0.15) is 5.69 Å². The maximum absolute atomic E-state index is 12.1. The van der Waals surface area contributed by atoms with Gasteiger partial charge in [-0.3, -0.25) is 4.98 Å². The summed E-state index contributed by atoms with van der Waals surface area (Å²) in [6.45, 7) is 1.84. The number of nitrogens with one attached hydrogen (secondary N) is 2. The fraction of sp³-hybridized carbons (Fsp3) is 0.0476. The van der Waals surface area contributed by atoms with Crippen LogP contribution in [0.4, 0.5) is 16.2 Å². The number of aryl methyl sites for hydroxylation is 1. The van der Waals surface area contributed by atoms with Gasteiger partial charge in [-0.1, -0.05) is 12.0 Å². The second-order valence-electron chi connectivity index (χ2n) is 5.83. The molecule has 0 bridgehead atoms. The van der Waals surface area contributed by atoms with Gasteiger partial charge in [0.15, 0.2) is 0 Å². The van der Waals surface area contributed by atoms with Crippen LogP contribution in [0, 0.1) is 18.8 Å². The number of benzene rings is 1. The molecule has 2 amide bonds. The first-order valence-electron chi connectivity index (χ1n) is 8.32. The Kier molecular flexibility index (Phi) is 5.63. The molecular formula is C21H16N4O3. The highest BCUT2D eigenvalue weighted by atomic mass is 16.4. The smallest absolute Gasteiger partial charge is 0.335 e. The molecule has 0 unspecified atom stereocenters. The van der Waals surface area contributed by atoms with Gasteiger partial charge in [0.05, 0.1) is 5.56 Å². The molecule has 0 aliphatic carbocycles. The predicted octanol–water partition coefficient (Wildman–Crippen LogP) is 3.53. The lowest BCUT2D eigenvalue weighted by Gasteiger charge is -2.08. The predicted molar refractivity (Wildman–Crippen MR) is 105 cm³/mol. The van der Waals surface area contributed by atoms with Gasteiger partial charge in [-0.05, 0) is 55.3 Å². The number of anilines is 2. The van der Waals surface area contributed by atoms with E-state index in [0.29, 0.717) is 22.6 Å². The third-order valence-corrected chi connectivity index (χ3v) is 3.62. The van der Waals surface area contributed by atoms with Crippen LogP contribution in [0.1, 0.15) is 27.3 Å². The molecule has 0 aliphatic heterocycles. The fourth-order valence-electron chi connectivity index (χ4n) is 2.36. The SMILES string of the molecule is Cc1cc(NC(=O)Nc2ccnc(C#Cc3cccc(C(=O)O)c3)c2)ccn1. The van der Waals surface area contributed by atoms with Gasteiger partial charge in [-0.2, -0.15) is 0 Å². The van der Waals surface area contributed by atoms with Crippen LogP contribution in [0.3, 0.4) is 0 Å². The number of hydrogen-bond donors (Lipinski definition) is 3. The van der Waals surface area contributed by atoms with Gasteiger partial charge in [0.2, 0.25) is 0 Å². The number of aromatic carboxylic acids is 1. The molecule has 0 saturated heterocycles. The monoisotopic (exact) mass is 372 g/mol. The maximum atomic E-state index is 12.1. The van der Waals surface area contributed by atoms with Crippen LogP contribution in [0.25, 0.3) is 0 Å². The Morgan fingerprint density at radius 1 is 0.929 bits per heavy atom. The molecule has 0 spiro atoms. The average Bonchev–Trinajstić information content (AvgIpc) is 2.67. The Morgan fingerprint density at radius 2 is 1.64 bits per heavy atom. The number of carboxylic acid groups (broad SMARTS) is 1. The minimum atomic E-state index is -1.01. The van der Waals surface area contributed by atoms with Crippen molar-refractivity contribution in [1.29, 1.82) is 0 Å². The van der Waals surface area contributed by atoms with Gasteiger partial charge in [-0.15, -0.1) is 0 Å². The van der Waals surface area contributed by atoms with Gasteiger partial charge >= 0.3 is 12.0 Å². The van der Waals surface area contributed by atoms with Crippen LogP contribution >= 0.6 is 0 Å². The van der Waals surface area contributed by atoms with Gasteiger partial charge in [-0.25, -0.2) is 14.6 Å². The molecule has 1 aromatic carbocycles. The number of carboxylic acids is 1. The molecule has 3 rings (SSSR count). The molecule has 0 fully saturated rings. The van der Waals surface area contributed by atoms with Crippen molar-refractivity contribution in [2.24, 2.45) is 0 Å². The number of urea groups is 1. The molecule has 0 aliphatic rings. The molecule has 2 heterocycles. The van der Waals surface area contributed by atoms with Crippen molar-refractivity contribution in [2.75, 3.05) is 10.6 Å². The van der Waals surface area contributed by atoms with E-state index in [9.17, 15) is 9.59 Å². The Morgan fingerprint density at radius 3 is 2.36 bits per heavy atom. The van der Waals surface area contributed by atoms with Crippen molar-refractivity contribution in [3.63, 3.8) is 0 Å². The normalized spacial score (nSPS) is 9.75. The Bertz CT molecular complexity index is 1100. The number of amides is 2. The lowest BCUT2D eigenvalue weighted by molar-refractivity contribution is 0.0697. The quantitative estimate of drug-likeness (QED) is 0.610. The summed E-state index contributed by atoms with van der Waals surface area (Å²) in [7, 11) is 0. The zero-order chi connectivity index (χ0) is 19.9. The summed E-state index contributed by atoms with van der Waals surface area (Å²) in [5.74, 6) is 4.72. The standard InChI is InChI=1S/C21H16N4O3/c1-14-11-18(7-9-22-14)24-21(28)25-19-8-10-23-17(13-19)6-5-15-3-2-4-16(12-15)20(26)27/h2-4,7-13H,1H3,(H,26,27)(H2,22,23,24,25,28). The van der Waals surface area contributed by atoms with Crippen molar-refractivity contribution < 1.29 is 14.7 Å². The lowest BCUT2D eigenvalue weighted by Crippen LogP contribution is -2.19. The molecule has 3 N–H and O–H groups in total. The minimum Gasteiger partial charge on any atom is -0.478 e. The number of pyridine rings is 2. The molecule has 28 heavy (non-hydrogen) atoms. The number of nitrogens with zero attached hydrogens (tertiary/aromatic N) is 2.